The number of carboxylic acid groups (broad SMARTS) is 2. The average Bonchev–Trinajstić information content (AvgIpc) is 3.40. The quantitative estimate of drug-likeness (QED) is 0.602. The lowest BCUT2D eigenvalue weighted by Crippen LogP contribution is -2.49. The van der Waals surface area contributed by atoms with Crippen LogP contribution in [0.5, 0.6) is 0 Å². The topological polar surface area (TPSA) is 98.1 Å². The Bertz CT molecular complexity index is 698. The van der Waals surface area contributed by atoms with Crippen LogP contribution in [-0.4, -0.2) is 70.6 Å². The van der Waals surface area contributed by atoms with Crippen LogP contribution in [0.1, 0.15) is 22.5 Å². The lowest BCUT2D eigenvalue weighted by Gasteiger charge is -2.36. The SMILES string of the molecule is O=C(O)C(=O)O.O=C(c1cccs1)N1CCN(CC2CC3C=CC2C3)CC1. The molecule has 8 heteroatoms. The molecular weight excluding hydrogens is 368 g/mol. The number of fused-ring (bicyclic) bond motifs is 2. The monoisotopic (exact) mass is 392 g/mol. The first kappa shape index (κ1) is 19.6. The second-order valence-electron chi connectivity index (χ2n) is 7.22. The molecule has 1 aromatic rings. The number of nitrogens with zero attached hydrogens (tertiary/aromatic N) is 2. The minimum Gasteiger partial charge on any atom is -0.473 e. The van der Waals surface area contributed by atoms with Gasteiger partial charge in [-0.3, -0.25) is 9.69 Å². The summed E-state index contributed by atoms with van der Waals surface area (Å²) < 4.78 is 0. The fraction of sp³-hybridized carbons (Fsp3) is 0.526. The number of piperazine rings is 1. The van der Waals surface area contributed by atoms with Crippen LogP contribution in [0.15, 0.2) is 29.7 Å². The van der Waals surface area contributed by atoms with Gasteiger partial charge in [-0.2, -0.15) is 0 Å². The van der Waals surface area contributed by atoms with Gasteiger partial charge in [-0.25, -0.2) is 9.59 Å². The third kappa shape index (κ3) is 4.95. The van der Waals surface area contributed by atoms with E-state index in [0.717, 1.165) is 48.8 Å². The van der Waals surface area contributed by atoms with Gasteiger partial charge in [-0.15, -0.1) is 11.3 Å². The third-order valence-electron chi connectivity index (χ3n) is 5.48. The Morgan fingerprint density at radius 2 is 1.74 bits per heavy atom. The van der Waals surface area contributed by atoms with Gasteiger partial charge in [-0.05, 0) is 42.0 Å². The molecular formula is C19H24N2O5S. The van der Waals surface area contributed by atoms with Gasteiger partial charge in [0.25, 0.3) is 5.91 Å². The van der Waals surface area contributed by atoms with Crippen molar-refractivity contribution in [2.24, 2.45) is 17.8 Å². The minimum absolute atomic E-state index is 0.215. The number of allylic oxidation sites excluding steroid dienone is 2. The summed E-state index contributed by atoms with van der Waals surface area (Å²) in [4.78, 5) is 36.0. The average molecular weight is 392 g/mol. The normalized spacial score (nSPS) is 26.5. The number of thiophene rings is 1. The highest BCUT2D eigenvalue weighted by molar-refractivity contribution is 7.12. The standard InChI is InChI=1S/C17H22N2OS.C2H2O4/c20-17(16-2-1-9-21-16)19-7-5-18(6-8-19)12-15-11-13-3-4-14(15)10-13;3-1(4)2(5)6/h1-4,9,13-15H,5-8,10-12H2;(H,3,4)(H,5,6). The van der Waals surface area contributed by atoms with Crippen LogP contribution >= 0.6 is 11.3 Å². The molecule has 4 rings (SSSR count). The third-order valence-corrected chi connectivity index (χ3v) is 6.34. The molecule has 1 aromatic heterocycles. The van der Waals surface area contributed by atoms with Crippen molar-refractivity contribution in [3.05, 3.63) is 34.5 Å². The van der Waals surface area contributed by atoms with E-state index in [1.54, 1.807) is 11.3 Å². The zero-order valence-electron chi connectivity index (χ0n) is 15.0. The summed E-state index contributed by atoms with van der Waals surface area (Å²) in [6.07, 6.45) is 7.63. The summed E-state index contributed by atoms with van der Waals surface area (Å²) in [6, 6.07) is 3.89. The summed E-state index contributed by atoms with van der Waals surface area (Å²) in [6.45, 7) is 5.07. The number of aliphatic carboxylic acids is 2. The zero-order valence-corrected chi connectivity index (χ0v) is 15.8. The number of rotatable bonds is 3. The van der Waals surface area contributed by atoms with Crippen molar-refractivity contribution in [3.63, 3.8) is 0 Å². The van der Waals surface area contributed by atoms with Crippen molar-refractivity contribution in [1.82, 2.24) is 9.80 Å². The smallest absolute Gasteiger partial charge is 0.414 e. The fourth-order valence-electron chi connectivity index (χ4n) is 4.13. The first-order chi connectivity index (χ1) is 12.9. The van der Waals surface area contributed by atoms with Gasteiger partial charge in [0.05, 0.1) is 4.88 Å². The van der Waals surface area contributed by atoms with Gasteiger partial charge >= 0.3 is 11.9 Å². The maximum absolute atomic E-state index is 12.3. The van der Waals surface area contributed by atoms with E-state index in [1.165, 1.54) is 19.4 Å². The van der Waals surface area contributed by atoms with E-state index in [-0.39, 0.29) is 5.91 Å². The molecule has 3 aliphatic rings. The van der Waals surface area contributed by atoms with E-state index in [9.17, 15) is 4.79 Å². The molecule has 1 aliphatic heterocycles. The maximum Gasteiger partial charge on any atom is 0.414 e. The van der Waals surface area contributed by atoms with Crippen LogP contribution < -0.4 is 0 Å². The van der Waals surface area contributed by atoms with Gasteiger partial charge in [0, 0.05) is 32.7 Å². The van der Waals surface area contributed by atoms with Gasteiger partial charge in [0.1, 0.15) is 0 Å². The maximum atomic E-state index is 12.3. The number of hydrogen-bond donors (Lipinski definition) is 2. The largest absolute Gasteiger partial charge is 0.473 e. The summed E-state index contributed by atoms with van der Waals surface area (Å²) in [5.41, 5.74) is 0. The van der Waals surface area contributed by atoms with Crippen LogP contribution in [0.2, 0.25) is 0 Å². The Hall–Kier alpha value is -2.19. The summed E-state index contributed by atoms with van der Waals surface area (Å²) in [7, 11) is 0. The number of amides is 1. The molecule has 3 atom stereocenters. The zero-order chi connectivity index (χ0) is 19.4. The summed E-state index contributed by atoms with van der Waals surface area (Å²) in [5.74, 6) is -0.875. The molecule has 7 nitrogen and oxygen atoms in total. The van der Waals surface area contributed by atoms with Crippen molar-refractivity contribution in [3.8, 4) is 0 Å². The minimum atomic E-state index is -1.82. The molecule has 146 valence electrons. The van der Waals surface area contributed by atoms with Crippen molar-refractivity contribution in [2.45, 2.75) is 12.8 Å². The Morgan fingerprint density at radius 1 is 1.04 bits per heavy atom. The molecule has 2 aliphatic carbocycles. The highest BCUT2D eigenvalue weighted by Gasteiger charge is 2.36. The first-order valence-electron chi connectivity index (χ1n) is 9.13. The molecule has 1 saturated heterocycles. The Kier molecular flexibility index (Phi) is 6.28. The van der Waals surface area contributed by atoms with Crippen LogP contribution in [-0.2, 0) is 9.59 Å². The lowest BCUT2D eigenvalue weighted by atomic mass is 9.93. The van der Waals surface area contributed by atoms with Crippen molar-refractivity contribution < 1.29 is 24.6 Å². The van der Waals surface area contributed by atoms with E-state index < -0.39 is 11.9 Å². The fourth-order valence-corrected chi connectivity index (χ4v) is 4.82. The van der Waals surface area contributed by atoms with Gasteiger partial charge in [0.15, 0.2) is 0 Å². The Balaban J connectivity index is 0.000000307. The number of carboxylic acids is 2. The van der Waals surface area contributed by atoms with Crippen LogP contribution in [0.25, 0.3) is 0 Å². The lowest BCUT2D eigenvalue weighted by molar-refractivity contribution is -0.159. The summed E-state index contributed by atoms with van der Waals surface area (Å²) >= 11 is 1.55. The molecule has 0 aromatic carbocycles. The van der Waals surface area contributed by atoms with Crippen molar-refractivity contribution in [2.75, 3.05) is 32.7 Å². The second kappa shape index (κ2) is 8.67. The molecule has 3 unspecified atom stereocenters. The molecule has 1 amide bonds. The predicted molar refractivity (Wildman–Crippen MR) is 101 cm³/mol. The Morgan fingerprint density at radius 3 is 2.22 bits per heavy atom. The molecule has 2 bridgehead atoms. The van der Waals surface area contributed by atoms with Crippen LogP contribution in [0.4, 0.5) is 0 Å². The molecule has 2 fully saturated rings. The molecule has 1 saturated carbocycles. The van der Waals surface area contributed by atoms with E-state index in [2.05, 4.69) is 17.1 Å². The van der Waals surface area contributed by atoms with Crippen LogP contribution in [0, 0.1) is 17.8 Å². The Labute approximate surface area is 161 Å². The predicted octanol–water partition coefficient (Wildman–Crippen LogP) is 1.87. The van der Waals surface area contributed by atoms with E-state index >= 15 is 0 Å². The van der Waals surface area contributed by atoms with Crippen molar-refractivity contribution >= 4 is 29.2 Å². The second-order valence-corrected chi connectivity index (χ2v) is 8.17. The highest BCUT2D eigenvalue weighted by Crippen LogP contribution is 2.43. The first-order valence-corrected chi connectivity index (χ1v) is 10.0. The van der Waals surface area contributed by atoms with E-state index in [4.69, 9.17) is 19.8 Å². The molecule has 2 heterocycles. The number of hydrogen-bond acceptors (Lipinski definition) is 5. The molecule has 2 N–H and O–H groups in total. The molecule has 0 spiro atoms. The van der Waals surface area contributed by atoms with Crippen molar-refractivity contribution in [1.29, 1.82) is 0 Å². The van der Waals surface area contributed by atoms with E-state index in [0.29, 0.717) is 0 Å². The molecule has 0 radical (unpaired) electrons. The number of carbonyl (C=O) groups is 3. The number of carbonyl (C=O) groups excluding carboxylic acids is 1. The van der Waals surface area contributed by atoms with Gasteiger partial charge in [-0.1, -0.05) is 18.2 Å². The van der Waals surface area contributed by atoms with Gasteiger partial charge in [0.2, 0.25) is 0 Å². The van der Waals surface area contributed by atoms with E-state index in [1.807, 2.05) is 22.4 Å². The van der Waals surface area contributed by atoms with Gasteiger partial charge < -0.3 is 15.1 Å². The van der Waals surface area contributed by atoms with Crippen LogP contribution in [0.3, 0.4) is 0 Å². The molecule has 27 heavy (non-hydrogen) atoms. The summed E-state index contributed by atoms with van der Waals surface area (Å²) in [5, 5.41) is 16.8. The highest BCUT2D eigenvalue weighted by atomic mass is 32.1.